The normalized spacial score (nSPS) is 14.8. The number of ether oxygens (including phenoxy) is 1. The molecule has 26 heavy (non-hydrogen) atoms. The molecule has 2 aromatic rings. The number of pyridine rings is 1. The standard InChI is InChI=1S/C20H19N3O3/c1-20(2)16(12-22(3)13-24)19(23-9-5-4-6-18(23)25)15-10-14(11-21)7-8-17(15)26-20/h4-10,13H,12H2,1-3H3. The molecule has 6 nitrogen and oxygen atoms in total. The summed E-state index contributed by atoms with van der Waals surface area (Å²) in [5, 5.41) is 9.27. The maximum Gasteiger partial charge on any atom is 0.255 e. The van der Waals surface area contributed by atoms with Crippen molar-refractivity contribution in [2.24, 2.45) is 0 Å². The molecule has 1 aliphatic rings. The first kappa shape index (κ1) is 17.5. The number of amides is 1. The molecule has 1 aromatic carbocycles. The van der Waals surface area contributed by atoms with E-state index in [0.29, 0.717) is 29.1 Å². The average Bonchev–Trinajstić information content (AvgIpc) is 2.62. The molecule has 0 N–H and O–H groups in total. The predicted molar refractivity (Wildman–Crippen MR) is 97.6 cm³/mol. The van der Waals surface area contributed by atoms with Crippen molar-refractivity contribution in [3.8, 4) is 11.8 Å². The zero-order valence-corrected chi connectivity index (χ0v) is 14.9. The highest BCUT2D eigenvalue weighted by Crippen LogP contribution is 2.41. The summed E-state index contributed by atoms with van der Waals surface area (Å²) in [5.74, 6) is 0.595. The fourth-order valence-corrected chi connectivity index (χ4v) is 3.10. The number of benzene rings is 1. The first-order valence-electron chi connectivity index (χ1n) is 8.18. The van der Waals surface area contributed by atoms with E-state index in [2.05, 4.69) is 6.07 Å². The number of nitrogens with zero attached hydrogens (tertiary/aromatic N) is 3. The Morgan fingerprint density at radius 1 is 1.31 bits per heavy atom. The van der Waals surface area contributed by atoms with Gasteiger partial charge in [-0.1, -0.05) is 6.07 Å². The fraction of sp³-hybridized carbons (Fsp3) is 0.250. The van der Waals surface area contributed by atoms with Crippen LogP contribution >= 0.6 is 0 Å². The number of aromatic nitrogens is 1. The molecule has 1 amide bonds. The summed E-state index contributed by atoms with van der Waals surface area (Å²) in [4.78, 5) is 25.2. The van der Waals surface area contributed by atoms with Gasteiger partial charge in [-0.25, -0.2) is 0 Å². The number of hydrogen-bond acceptors (Lipinski definition) is 4. The maximum absolute atomic E-state index is 12.5. The van der Waals surface area contributed by atoms with Crippen LogP contribution in [0, 0.1) is 11.3 Å². The lowest BCUT2D eigenvalue weighted by molar-refractivity contribution is -0.116. The summed E-state index contributed by atoms with van der Waals surface area (Å²) >= 11 is 0. The first-order chi connectivity index (χ1) is 12.4. The van der Waals surface area contributed by atoms with E-state index in [1.807, 2.05) is 13.8 Å². The molecule has 6 heteroatoms. The molecule has 0 saturated heterocycles. The second-order valence-electron chi connectivity index (χ2n) is 6.69. The summed E-state index contributed by atoms with van der Waals surface area (Å²) in [6.07, 6.45) is 2.42. The Hall–Kier alpha value is -3.33. The number of carbonyl (C=O) groups excluding carboxylic acids is 1. The summed E-state index contributed by atoms with van der Waals surface area (Å²) < 4.78 is 7.68. The Balaban J connectivity index is 2.38. The van der Waals surface area contributed by atoms with E-state index in [4.69, 9.17) is 4.74 Å². The number of fused-ring (bicyclic) bond motifs is 1. The van der Waals surface area contributed by atoms with Gasteiger partial charge < -0.3 is 9.64 Å². The Kier molecular flexibility index (Phi) is 4.39. The van der Waals surface area contributed by atoms with Crippen LogP contribution in [0.2, 0.25) is 0 Å². The smallest absolute Gasteiger partial charge is 0.255 e. The third-order valence-corrected chi connectivity index (χ3v) is 4.39. The van der Waals surface area contributed by atoms with E-state index in [0.717, 1.165) is 12.0 Å². The summed E-state index contributed by atoms with van der Waals surface area (Å²) in [6.45, 7) is 4.09. The minimum Gasteiger partial charge on any atom is -0.483 e. The lowest BCUT2D eigenvalue weighted by atomic mass is 9.88. The SMILES string of the molecule is CN(C=O)CC1=C(n2ccccc2=O)c2cc(C#N)ccc2OC1(C)C. The van der Waals surface area contributed by atoms with Crippen molar-refractivity contribution in [2.75, 3.05) is 13.6 Å². The highest BCUT2D eigenvalue weighted by Gasteiger charge is 2.36. The van der Waals surface area contributed by atoms with Crippen molar-refractivity contribution in [3.05, 3.63) is 69.6 Å². The molecule has 0 unspecified atom stereocenters. The van der Waals surface area contributed by atoms with Gasteiger partial charge in [-0.05, 0) is 38.1 Å². The Labute approximate surface area is 151 Å². The van der Waals surface area contributed by atoms with E-state index < -0.39 is 5.60 Å². The number of nitriles is 1. The van der Waals surface area contributed by atoms with Gasteiger partial charge in [0.2, 0.25) is 6.41 Å². The number of likely N-dealkylation sites (N-methyl/N-ethyl adjacent to an activating group) is 1. The first-order valence-corrected chi connectivity index (χ1v) is 8.18. The molecule has 2 heterocycles. The lowest BCUT2D eigenvalue weighted by Gasteiger charge is -2.38. The van der Waals surface area contributed by atoms with Crippen molar-refractivity contribution < 1.29 is 9.53 Å². The number of hydrogen-bond donors (Lipinski definition) is 0. The van der Waals surface area contributed by atoms with Gasteiger partial charge >= 0.3 is 0 Å². The molecule has 3 rings (SSSR count). The van der Waals surface area contributed by atoms with Crippen LogP contribution in [0.25, 0.3) is 5.70 Å². The van der Waals surface area contributed by atoms with Crippen LogP contribution < -0.4 is 10.3 Å². The van der Waals surface area contributed by atoms with Gasteiger partial charge in [0.05, 0.1) is 17.3 Å². The molecule has 0 bridgehead atoms. The fourth-order valence-electron chi connectivity index (χ4n) is 3.10. The highest BCUT2D eigenvalue weighted by molar-refractivity contribution is 5.78. The second-order valence-corrected chi connectivity index (χ2v) is 6.69. The van der Waals surface area contributed by atoms with Gasteiger partial charge in [0, 0.05) is 37.0 Å². The molecule has 132 valence electrons. The summed E-state index contributed by atoms with van der Waals surface area (Å²) in [6, 6.07) is 12.2. The van der Waals surface area contributed by atoms with E-state index in [9.17, 15) is 14.9 Å². The highest BCUT2D eigenvalue weighted by atomic mass is 16.5. The van der Waals surface area contributed by atoms with Crippen LogP contribution in [0.5, 0.6) is 5.75 Å². The van der Waals surface area contributed by atoms with Crippen molar-refractivity contribution in [1.29, 1.82) is 5.26 Å². The monoisotopic (exact) mass is 349 g/mol. The minimum absolute atomic E-state index is 0.195. The lowest BCUT2D eigenvalue weighted by Crippen LogP contribution is -2.41. The topological polar surface area (TPSA) is 75.3 Å². The molecule has 0 saturated carbocycles. The molecule has 0 radical (unpaired) electrons. The molecular weight excluding hydrogens is 330 g/mol. The molecule has 0 atom stereocenters. The van der Waals surface area contributed by atoms with E-state index in [-0.39, 0.29) is 5.56 Å². The van der Waals surface area contributed by atoms with E-state index in [1.54, 1.807) is 43.6 Å². The van der Waals surface area contributed by atoms with Crippen LogP contribution in [-0.2, 0) is 4.79 Å². The van der Waals surface area contributed by atoms with Gasteiger partial charge in [0.15, 0.2) is 0 Å². The molecular formula is C20H19N3O3. The molecule has 0 spiro atoms. The van der Waals surface area contributed by atoms with Crippen LogP contribution in [0.15, 0.2) is 53.0 Å². The third kappa shape index (κ3) is 3.00. The molecule has 0 fully saturated rings. The van der Waals surface area contributed by atoms with E-state index in [1.165, 1.54) is 15.5 Å². The van der Waals surface area contributed by atoms with Crippen LogP contribution in [-0.4, -0.2) is 35.1 Å². The summed E-state index contributed by atoms with van der Waals surface area (Å²) in [5.41, 5.74) is 1.63. The van der Waals surface area contributed by atoms with Gasteiger partial charge in [0.25, 0.3) is 5.56 Å². The summed E-state index contributed by atoms with van der Waals surface area (Å²) in [7, 11) is 1.67. The molecule has 1 aromatic heterocycles. The Morgan fingerprint density at radius 3 is 2.73 bits per heavy atom. The second kappa shape index (κ2) is 6.52. The molecule has 1 aliphatic heterocycles. The minimum atomic E-state index is -0.733. The van der Waals surface area contributed by atoms with Gasteiger partial charge in [-0.15, -0.1) is 0 Å². The van der Waals surface area contributed by atoms with Crippen LogP contribution in [0.3, 0.4) is 0 Å². The quantitative estimate of drug-likeness (QED) is 0.794. The van der Waals surface area contributed by atoms with Crippen molar-refractivity contribution in [3.63, 3.8) is 0 Å². The molecule has 0 aliphatic carbocycles. The predicted octanol–water partition coefficient (Wildman–Crippen LogP) is 2.24. The van der Waals surface area contributed by atoms with Crippen molar-refractivity contribution >= 4 is 12.1 Å². The van der Waals surface area contributed by atoms with Gasteiger partial charge in [0.1, 0.15) is 11.4 Å². The number of rotatable bonds is 4. The number of carbonyl (C=O) groups is 1. The third-order valence-electron chi connectivity index (χ3n) is 4.39. The van der Waals surface area contributed by atoms with Crippen LogP contribution in [0.4, 0.5) is 0 Å². The zero-order chi connectivity index (χ0) is 18.9. The van der Waals surface area contributed by atoms with Gasteiger partial charge in [-0.3, -0.25) is 14.2 Å². The van der Waals surface area contributed by atoms with Crippen LogP contribution in [0.1, 0.15) is 25.0 Å². The Bertz CT molecular complexity index is 996. The zero-order valence-electron chi connectivity index (χ0n) is 14.9. The Morgan fingerprint density at radius 2 is 2.08 bits per heavy atom. The van der Waals surface area contributed by atoms with Crippen molar-refractivity contribution in [1.82, 2.24) is 9.47 Å². The maximum atomic E-state index is 12.5. The van der Waals surface area contributed by atoms with Crippen molar-refractivity contribution in [2.45, 2.75) is 19.4 Å². The largest absolute Gasteiger partial charge is 0.483 e. The average molecular weight is 349 g/mol. The van der Waals surface area contributed by atoms with E-state index >= 15 is 0 Å². The van der Waals surface area contributed by atoms with Gasteiger partial charge in [-0.2, -0.15) is 5.26 Å².